The summed E-state index contributed by atoms with van der Waals surface area (Å²) in [5.41, 5.74) is 13.6. The van der Waals surface area contributed by atoms with Crippen LogP contribution in [-0.2, 0) is 0 Å². The zero-order valence-corrected chi connectivity index (χ0v) is 8.64. The Morgan fingerprint density at radius 2 is 1.93 bits per heavy atom. The molecule has 1 heterocycles. The summed E-state index contributed by atoms with van der Waals surface area (Å²) < 4.78 is 0. The van der Waals surface area contributed by atoms with Crippen molar-refractivity contribution in [2.24, 2.45) is 0 Å². The third-order valence-electron chi connectivity index (χ3n) is 2.06. The standard InChI is InChI=1S/C10H11N3S/c1-6-4-2-3-5-7(6)8-9(11)13-10(12)14-8/h2-5H,11H2,1H3,(H2,12,13). The molecule has 72 valence electrons. The molecule has 0 aliphatic rings. The Morgan fingerprint density at radius 1 is 1.21 bits per heavy atom. The van der Waals surface area contributed by atoms with E-state index in [2.05, 4.69) is 4.98 Å². The normalized spacial score (nSPS) is 10.4. The number of anilines is 2. The molecule has 3 nitrogen and oxygen atoms in total. The SMILES string of the molecule is Cc1ccccc1-c1sc(N)nc1N. The van der Waals surface area contributed by atoms with E-state index in [9.17, 15) is 0 Å². The highest BCUT2D eigenvalue weighted by Crippen LogP contribution is 2.34. The predicted octanol–water partition coefficient (Wildman–Crippen LogP) is 2.28. The van der Waals surface area contributed by atoms with Crippen molar-refractivity contribution in [2.45, 2.75) is 6.92 Å². The van der Waals surface area contributed by atoms with Gasteiger partial charge < -0.3 is 11.5 Å². The van der Waals surface area contributed by atoms with E-state index in [1.807, 2.05) is 31.2 Å². The Bertz CT molecular complexity index is 462. The number of nitrogens with two attached hydrogens (primary N) is 2. The van der Waals surface area contributed by atoms with Crippen LogP contribution in [0.1, 0.15) is 5.56 Å². The highest BCUT2D eigenvalue weighted by molar-refractivity contribution is 7.19. The van der Waals surface area contributed by atoms with E-state index in [0.29, 0.717) is 10.9 Å². The first kappa shape index (κ1) is 9.02. The van der Waals surface area contributed by atoms with Crippen molar-refractivity contribution >= 4 is 22.3 Å². The molecule has 0 fully saturated rings. The summed E-state index contributed by atoms with van der Waals surface area (Å²) in [6.45, 7) is 2.05. The van der Waals surface area contributed by atoms with Crippen LogP contribution in [0.25, 0.3) is 10.4 Å². The number of hydrogen-bond donors (Lipinski definition) is 2. The molecular formula is C10H11N3S. The molecule has 0 aliphatic heterocycles. The van der Waals surface area contributed by atoms with Crippen LogP contribution < -0.4 is 11.5 Å². The van der Waals surface area contributed by atoms with E-state index in [1.54, 1.807) is 0 Å². The van der Waals surface area contributed by atoms with E-state index in [1.165, 1.54) is 16.9 Å². The molecule has 0 saturated heterocycles. The molecular weight excluding hydrogens is 194 g/mol. The van der Waals surface area contributed by atoms with E-state index in [-0.39, 0.29) is 0 Å². The van der Waals surface area contributed by atoms with E-state index < -0.39 is 0 Å². The maximum absolute atomic E-state index is 5.76. The molecule has 1 aromatic carbocycles. The maximum Gasteiger partial charge on any atom is 0.182 e. The minimum atomic E-state index is 0.515. The number of aromatic nitrogens is 1. The summed E-state index contributed by atoms with van der Waals surface area (Å²) in [6.07, 6.45) is 0. The Balaban J connectivity index is 2.60. The van der Waals surface area contributed by atoms with Gasteiger partial charge in [0.1, 0.15) is 5.82 Å². The van der Waals surface area contributed by atoms with Crippen molar-refractivity contribution in [3.05, 3.63) is 29.8 Å². The van der Waals surface area contributed by atoms with Gasteiger partial charge in [0.05, 0.1) is 4.88 Å². The van der Waals surface area contributed by atoms with Gasteiger partial charge in [0, 0.05) is 0 Å². The van der Waals surface area contributed by atoms with Gasteiger partial charge in [0.2, 0.25) is 0 Å². The van der Waals surface area contributed by atoms with Crippen molar-refractivity contribution in [2.75, 3.05) is 11.5 Å². The van der Waals surface area contributed by atoms with Gasteiger partial charge in [-0.15, -0.1) is 0 Å². The Morgan fingerprint density at radius 3 is 2.50 bits per heavy atom. The third kappa shape index (κ3) is 1.44. The summed E-state index contributed by atoms with van der Waals surface area (Å²) in [5.74, 6) is 0.516. The molecule has 0 atom stereocenters. The van der Waals surface area contributed by atoms with Crippen molar-refractivity contribution in [1.82, 2.24) is 4.98 Å². The fourth-order valence-corrected chi connectivity index (χ4v) is 2.21. The Kier molecular flexibility index (Phi) is 2.13. The largest absolute Gasteiger partial charge is 0.382 e. The van der Waals surface area contributed by atoms with Crippen LogP contribution in [0.3, 0.4) is 0 Å². The Labute approximate surface area is 86.4 Å². The fraction of sp³-hybridized carbons (Fsp3) is 0.100. The van der Waals surface area contributed by atoms with Crippen LogP contribution >= 0.6 is 11.3 Å². The quantitative estimate of drug-likeness (QED) is 0.750. The third-order valence-corrected chi connectivity index (χ3v) is 2.99. The second kappa shape index (κ2) is 3.31. The van der Waals surface area contributed by atoms with Crippen molar-refractivity contribution in [1.29, 1.82) is 0 Å². The van der Waals surface area contributed by atoms with E-state index in [0.717, 1.165) is 10.4 Å². The highest BCUT2D eigenvalue weighted by Gasteiger charge is 2.09. The van der Waals surface area contributed by atoms with Crippen LogP contribution in [0.15, 0.2) is 24.3 Å². The first-order valence-electron chi connectivity index (χ1n) is 4.26. The second-order valence-corrected chi connectivity index (χ2v) is 4.11. The lowest BCUT2D eigenvalue weighted by Crippen LogP contribution is -1.89. The lowest BCUT2D eigenvalue weighted by atomic mass is 10.1. The van der Waals surface area contributed by atoms with Gasteiger partial charge in [-0.1, -0.05) is 35.6 Å². The molecule has 0 amide bonds. The number of benzene rings is 1. The maximum atomic E-state index is 5.76. The summed E-state index contributed by atoms with van der Waals surface area (Å²) in [5, 5.41) is 0.515. The summed E-state index contributed by atoms with van der Waals surface area (Å²) >= 11 is 1.42. The topological polar surface area (TPSA) is 64.9 Å². The predicted molar refractivity (Wildman–Crippen MR) is 61.1 cm³/mol. The van der Waals surface area contributed by atoms with Gasteiger partial charge in [-0.3, -0.25) is 0 Å². The average molecular weight is 205 g/mol. The zero-order valence-electron chi connectivity index (χ0n) is 7.82. The number of rotatable bonds is 1. The molecule has 4 heteroatoms. The summed E-state index contributed by atoms with van der Waals surface area (Å²) in [4.78, 5) is 4.96. The minimum absolute atomic E-state index is 0.515. The first-order chi connectivity index (χ1) is 6.68. The van der Waals surface area contributed by atoms with Crippen molar-refractivity contribution in [3.8, 4) is 10.4 Å². The molecule has 0 bridgehead atoms. The van der Waals surface area contributed by atoms with Gasteiger partial charge in [-0.05, 0) is 18.1 Å². The summed E-state index contributed by atoms with van der Waals surface area (Å²) in [7, 11) is 0. The van der Waals surface area contributed by atoms with Gasteiger partial charge in [-0.2, -0.15) is 0 Å². The van der Waals surface area contributed by atoms with Crippen LogP contribution in [0.2, 0.25) is 0 Å². The lowest BCUT2D eigenvalue weighted by Gasteiger charge is -2.01. The number of aryl methyl sites for hydroxylation is 1. The number of thiazole rings is 1. The number of hydrogen-bond acceptors (Lipinski definition) is 4. The summed E-state index contributed by atoms with van der Waals surface area (Å²) in [6, 6.07) is 8.06. The van der Waals surface area contributed by atoms with Gasteiger partial charge in [0.25, 0.3) is 0 Å². The van der Waals surface area contributed by atoms with Crippen molar-refractivity contribution in [3.63, 3.8) is 0 Å². The number of nitrogen functional groups attached to an aromatic ring is 2. The monoisotopic (exact) mass is 205 g/mol. The van der Waals surface area contributed by atoms with Crippen LogP contribution in [0, 0.1) is 6.92 Å². The van der Waals surface area contributed by atoms with Gasteiger partial charge >= 0.3 is 0 Å². The van der Waals surface area contributed by atoms with Gasteiger partial charge in [0.15, 0.2) is 5.13 Å². The first-order valence-corrected chi connectivity index (χ1v) is 5.08. The number of nitrogens with zero attached hydrogens (tertiary/aromatic N) is 1. The van der Waals surface area contributed by atoms with Gasteiger partial charge in [-0.25, -0.2) is 4.98 Å². The highest BCUT2D eigenvalue weighted by atomic mass is 32.1. The molecule has 2 aromatic rings. The van der Waals surface area contributed by atoms with Crippen LogP contribution in [0.4, 0.5) is 10.9 Å². The molecule has 1 aromatic heterocycles. The smallest absolute Gasteiger partial charge is 0.182 e. The lowest BCUT2D eigenvalue weighted by molar-refractivity contribution is 1.41. The second-order valence-electron chi connectivity index (χ2n) is 3.08. The van der Waals surface area contributed by atoms with Crippen molar-refractivity contribution < 1.29 is 0 Å². The molecule has 0 spiro atoms. The van der Waals surface area contributed by atoms with E-state index >= 15 is 0 Å². The average Bonchev–Trinajstić information content (AvgIpc) is 2.46. The molecule has 0 radical (unpaired) electrons. The molecule has 0 unspecified atom stereocenters. The molecule has 0 saturated carbocycles. The minimum Gasteiger partial charge on any atom is -0.382 e. The zero-order chi connectivity index (χ0) is 10.1. The molecule has 0 aliphatic carbocycles. The van der Waals surface area contributed by atoms with Crippen LogP contribution in [-0.4, -0.2) is 4.98 Å². The van der Waals surface area contributed by atoms with E-state index in [4.69, 9.17) is 11.5 Å². The fourth-order valence-electron chi connectivity index (χ4n) is 1.37. The molecule has 2 rings (SSSR count). The van der Waals surface area contributed by atoms with Crippen LogP contribution in [0.5, 0.6) is 0 Å². The Hall–Kier alpha value is -1.55. The molecule has 14 heavy (non-hydrogen) atoms. The molecule has 4 N–H and O–H groups in total.